The largest absolute Gasteiger partial charge is 0.324 e. The normalized spacial score (nSPS) is 11.3. The first-order valence-electron chi connectivity index (χ1n) is 8.23. The summed E-state index contributed by atoms with van der Waals surface area (Å²) in [6.45, 7) is 14.4. The molecule has 3 heteroatoms. The fraction of sp³-hybridized carbons (Fsp3) is 0.182. The lowest BCUT2D eigenvalue weighted by atomic mass is 10.0. The molecule has 25 heavy (non-hydrogen) atoms. The maximum absolute atomic E-state index is 5.44. The number of hydrogen-bond acceptors (Lipinski definition) is 3. The second-order valence-electron chi connectivity index (χ2n) is 6.22. The second-order valence-corrected chi connectivity index (χ2v) is 7.29. The third-order valence-electron chi connectivity index (χ3n) is 4.12. The second kappa shape index (κ2) is 8.75. The van der Waals surface area contributed by atoms with Gasteiger partial charge in [-0.15, -0.1) is 11.8 Å². The van der Waals surface area contributed by atoms with Crippen LogP contribution in [0.2, 0.25) is 0 Å². The van der Waals surface area contributed by atoms with Gasteiger partial charge >= 0.3 is 0 Å². The third kappa shape index (κ3) is 5.38. The van der Waals surface area contributed by atoms with Crippen molar-refractivity contribution in [1.29, 1.82) is 0 Å². The van der Waals surface area contributed by atoms with E-state index >= 15 is 0 Å². The highest BCUT2D eigenvalue weighted by molar-refractivity contribution is 8.07. The van der Waals surface area contributed by atoms with E-state index in [0.29, 0.717) is 0 Å². The van der Waals surface area contributed by atoms with Crippen molar-refractivity contribution in [3.05, 3.63) is 94.7 Å². The molecule has 0 unspecified atom stereocenters. The van der Waals surface area contributed by atoms with Crippen LogP contribution in [-0.4, -0.2) is 0 Å². The highest BCUT2D eigenvalue weighted by Crippen LogP contribution is 2.30. The molecule has 0 spiro atoms. The quantitative estimate of drug-likeness (QED) is 0.388. The number of aryl methyl sites for hydroxylation is 2. The predicted octanol–water partition coefficient (Wildman–Crippen LogP) is 5.59. The number of nitrogens with one attached hydrogen (secondary N) is 1. The van der Waals surface area contributed by atoms with E-state index in [1.807, 2.05) is 6.92 Å². The van der Waals surface area contributed by atoms with Crippen molar-refractivity contribution in [2.75, 3.05) is 0 Å². The summed E-state index contributed by atoms with van der Waals surface area (Å²) in [7, 11) is 0. The molecule has 0 radical (unpaired) electrons. The number of rotatable bonds is 7. The Hall–Kier alpha value is -2.23. The lowest BCUT2D eigenvalue weighted by molar-refractivity contribution is 0.903. The van der Waals surface area contributed by atoms with Crippen molar-refractivity contribution in [2.24, 2.45) is 5.84 Å². The number of thioether (sulfide) groups is 1. The van der Waals surface area contributed by atoms with Crippen molar-refractivity contribution >= 4 is 22.7 Å². The van der Waals surface area contributed by atoms with Crippen LogP contribution < -0.4 is 11.3 Å². The summed E-state index contributed by atoms with van der Waals surface area (Å²) in [5, 5.41) is 0. The lowest BCUT2D eigenvalue weighted by Gasteiger charge is -2.11. The summed E-state index contributed by atoms with van der Waals surface area (Å²) in [6, 6.07) is 15.0. The van der Waals surface area contributed by atoms with Gasteiger partial charge in [0, 0.05) is 16.4 Å². The van der Waals surface area contributed by atoms with Crippen molar-refractivity contribution < 1.29 is 0 Å². The van der Waals surface area contributed by atoms with Crippen LogP contribution in [0.1, 0.15) is 34.7 Å². The number of nitrogens with two attached hydrogens (primary N) is 1. The molecule has 0 heterocycles. The molecule has 0 aliphatic rings. The molecule has 130 valence electrons. The minimum atomic E-state index is 0.720. The summed E-state index contributed by atoms with van der Waals surface area (Å²) in [5.41, 5.74) is 10.5. The Morgan fingerprint density at radius 1 is 1.16 bits per heavy atom. The first-order chi connectivity index (χ1) is 11.9. The van der Waals surface area contributed by atoms with Crippen LogP contribution in [0.4, 0.5) is 0 Å². The first-order valence-corrected chi connectivity index (χ1v) is 9.21. The fourth-order valence-electron chi connectivity index (χ4n) is 2.46. The molecule has 3 N–H and O–H groups in total. The van der Waals surface area contributed by atoms with E-state index in [2.05, 4.69) is 81.0 Å². The van der Waals surface area contributed by atoms with E-state index in [0.717, 1.165) is 33.1 Å². The molecular formula is C22H26N2S. The van der Waals surface area contributed by atoms with Gasteiger partial charge in [0.25, 0.3) is 0 Å². The molecule has 0 aliphatic heterocycles. The minimum absolute atomic E-state index is 0.720. The number of hydrazine groups is 1. The Labute approximate surface area is 155 Å². The summed E-state index contributed by atoms with van der Waals surface area (Å²) >= 11 is 1.77. The molecule has 0 aromatic heterocycles. The predicted molar refractivity (Wildman–Crippen MR) is 113 cm³/mol. The lowest BCUT2D eigenvalue weighted by Crippen LogP contribution is -2.20. The van der Waals surface area contributed by atoms with Crippen LogP contribution in [-0.2, 0) is 5.75 Å². The molecule has 0 aliphatic carbocycles. The topological polar surface area (TPSA) is 38.0 Å². The number of hydrogen-bond donors (Lipinski definition) is 2. The van der Waals surface area contributed by atoms with Gasteiger partial charge < -0.3 is 5.43 Å². The van der Waals surface area contributed by atoms with Crippen LogP contribution in [0.15, 0.2) is 66.9 Å². The molecule has 0 saturated carbocycles. The molecule has 2 aromatic carbocycles. The number of allylic oxidation sites excluding steroid dienone is 1. The van der Waals surface area contributed by atoms with Crippen LogP contribution in [0.25, 0.3) is 11.0 Å². The van der Waals surface area contributed by atoms with E-state index in [-0.39, 0.29) is 0 Å². The van der Waals surface area contributed by atoms with Crippen LogP contribution >= 0.6 is 11.8 Å². The maximum Gasteiger partial charge on any atom is 0.0442 e. The smallest absolute Gasteiger partial charge is 0.0442 e. The molecule has 0 bridgehead atoms. The summed E-state index contributed by atoms with van der Waals surface area (Å²) in [5.74, 6) is 6.36. The average Bonchev–Trinajstić information content (AvgIpc) is 2.60. The van der Waals surface area contributed by atoms with Crippen LogP contribution in [0.3, 0.4) is 0 Å². The summed E-state index contributed by atoms with van der Waals surface area (Å²) in [4.78, 5) is 1.07. The van der Waals surface area contributed by atoms with Crippen LogP contribution in [0.5, 0.6) is 0 Å². The van der Waals surface area contributed by atoms with Gasteiger partial charge in [-0.25, -0.2) is 0 Å². The standard InChI is InChI=1S/C22H26N2S/c1-15-7-6-8-20(11-15)14-25-19(5)21-10-9-16(2)22(13-21)12-17(3)18(4)24-23/h6-13,24H,4-5,14,23H2,1-3H3/b17-12+. The van der Waals surface area contributed by atoms with Gasteiger partial charge in [0.1, 0.15) is 0 Å². The van der Waals surface area contributed by atoms with Crippen molar-refractivity contribution in [1.82, 2.24) is 5.43 Å². The maximum atomic E-state index is 5.44. The zero-order chi connectivity index (χ0) is 18.4. The fourth-order valence-corrected chi connectivity index (χ4v) is 3.27. The third-order valence-corrected chi connectivity index (χ3v) is 5.18. The molecular weight excluding hydrogens is 324 g/mol. The van der Waals surface area contributed by atoms with Crippen LogP contribution in [0, 0.1) is 13.8 Å². The van der Waals surface area contributed by atoms with Crippen molar-refractivity contribution in [3.63, 3.8) is 0 Å². The molecule has 2 aromatic rings. The van der Waals surface area contributed by atoms with E-state index in [9.17, 15) is 0 Å². The Kier molecular flexibility index (Phi) is 6.68. The Morgan fingerprint density at radius 2 is 1.92 bits per heavy atom. The highest BCUT2D eigenvalue weighted by atomic mass is 32.2. The summed E-state index contributed by atoms with van der Waals surface area (Å²) < 4.78 is 0. The average molecular weight is 351 g/mol. The van der Waals surface area contributed by atoms with E-state index in [1.165, 1.54) is 16.7 Å². The molecule has 0 saturated heterocycles. The summed E-state index contributed by atoms with van der Waals surface area (Å²) in [6.07, 6.45) is 2.10. The molecule has 0 fully saturated rings. The van der Waals surface area contributed by atoms with Gasteiger partial charge in [0.05, 0.1) is 0 Å². The van der Waals surface area contributed by atoms with Crippen molar-refractivity contribution in [2.45, 2.75) is 26.5 Å². The Bertz CT molecular complexity index is 819. The van der Waals surface area contributed by atoms with Gasteiger partial charge in [-0.2, -0.15) is 0 Å². The molecule has 0 amide bonds. The molecule has 2 nitrogen and oxygen atoms in total. The van der Waals surface area contributed by atoms with Gasteiger partial charge in [0.2, 0.25) is 0 Å². The highest BCUT2D eigenvalue weighted by Gasteiger charge is 2.05. The minimum Gasteiger partial charge on any atom is -0.324 e. The number of benzene rings is 2. The van der Waals surface area contributed by atoms with Gasteiger partial charge in [0.15, 0.2) is 0 Å². The first kappa shape index (κ1) is 19.1. The van der Waals surface area contributed by atoms with Gasteiger partial charge in [-0.1, -0.05) is 55.1 Å². The molecule has 0 atom stereocenters. The van der Waals surface area contributed by atoms with Crippen molar-refractivity contribution in [3.8, 4) is 0 Å². The SMILES string of the molecule is C=C(NN)/C(C)=C/c1cc(C(=C)SCc2cccc(C)c2)ccc1C. The zero-order valence-electron chi connectivity index (χ0n) is 15.2. The Balaban J connectivity index is 2.15. The van der Waals surface area contributed by atoms with E-state index < -0.39 is 0 Å². The Morgan fingerprint density at radius 3 is 2.60 bits per heavy atom. The monoisotopic (exact) mass is 350 g/mol. The van der Waals surface area contributed by atoms with Gasteiger partial charge in [-0.05, 0) is 60.7 Å². The van der Waals surface area contributed by atoms with Gasteiger partial charge in [-0.3, -0.25) is 5.84 Å². The zero-order valence-corrected chi connectivity index (χ0v) is 16.0. The molecule has 2 rings (SSSR count). The van der Waals surface area contributed by atoms with E-state index in [4.69, 9.17) is 5.84 Å². The van der Waals surface area contributed by atoms with E-state index in [1.54, 1.807) is 11.8 Å².